The molecule has 1 aliphatic carbocycles. The number of hydrogen-bond donors (Lipinski definition) is 0. The van der Waals surface area contributed by atoms with Crippen molar-refractivity contribution in [3.63, 3.8) is 0 Å². The highest BCUT2D eigenvalue weighted by Crippen LogP contribution is 2.40. The second-order valence-corrected chi connectivity index (χ2v) is 11.6. The molecule has 0 saturated carbocycles. The summed E-state index contributed by atoms with van der Waals surface area (Å²) in [5.41, 5.74) is 9.50. The molecular weight excluding hydrogens is 584 g/mol. The molecule has 5 rings (SSSR count). The van der Waals surface area contributed by atoms with E-state index >= 15 is 0 Å². The molecule has 0 aliphatic heterocycles. The summed E-state index contributed by atoms with van der Waals surface area (Å²) in [4.78, 5) is 4.69. The van der Waals surface area contributed by atoms with E-state index in [-0.39, 0.29) is 0 Å². The van der Waals surface area contributed by atoms with Crippen LogP contribution in [0, 0.1) is 19.8 Å². The summed E-state index contributed by atoms with van der Waals surface area (Å²) in [6.07, 6.45) is 5.42. The summed E-state index contributed by atoms with van der Waals surface area (Å²) in [6, 6.07) is 34.9. The second kappa shape index (κ2) is 11.1. The van der Waals surface area contributed by atoms with Crippen LogP contribution in [0.4, 0.5) is 28.4 Å². The molecule has 4 aromatic carbocycles. The molecule has 0 N–H and O–H groups in total. The highest BCUT2D eigenvalue weighted by Gasteiger charge is 2.23. The predicted molar refractivity (Wildman–Crippen MR) is 166 cm³/mol. The molecule has 2 nitrogen and oxygen atoms in total. The van der Waals surface area contributed by atoms with Gasteiger partial charge in [0.05, 0.1) is 0 Å². The van der Waals surface area contributed by atoms with E-state index in [4.69, 9.17) is 0 Å². The van der Waals surface area contributed by atoms with Crippen LogP contribution in [0.1, 0.15) is 24.5 Å². The lowest BCUT2D eigenvalue weighted by Gasteiger charge is -2.33. The fourth-order valence-corrected chi connectivity index (χ4v) is 5.61. The largest absolute Gasteiger partial charge is 0.314 e. The van der Waals surface area contributed by atoms with Gasteiger partial charge in [0, 0.05) is 44.5 Å². The van der Waals surface area contributed by atoms with E-state index in [1.54, 1.807) is 0 Å². The maximum Gasteiger partial charge on any atom is 0.0463 e. The molecule has 0 aromatic heterocycles. The van der Waals surface area contributed by atoms with Gasteiger partial charge in [-0.1, -0.05) is 80.3 Å². The van der Waals surface area contributed by atoms with Crippen molar-refractivity contribution in [2.75, 3.05) is 9.80 Å². The average Bonchev–Trinajstić information content (AvgIpc) is 2.90. The number of allylic oxidation sites excluding steroid dienone is 4. The minimum absolute atomic E-state index is 0.396. The Bertz CT molecular complexity index is 1370. The number of benzene rings is 4. The summed E-state index contributed by atoms with van der Waals surface area (Å²) < 4.78 is 2.31. The zero-order valence-electron chi connectivity index (χ0n) is 21.3. The van der Waals surface area contributed by atoms with Crippen LogP contribution in [0.5, 0.6) is 0 Å². The Morgan fingerprint density at radius 3 is 1.35 bits per heavy atom. The van der Waals surface area contributed by atoms with Crippen molar-refractivity contribution in [2.45, 2.75) is 27.2 Å². The van der Waals surface area contributed by atoms with E-state index in [0.717, 1.165) is 33.6 Å². The minimum atomic E-state index is 0.396. The van der Waals surface area contributed by atoms with Crippen LogP contribution < -0.4 is 9.80 Å². The SMILES string of the molecule is Cc1ccc(N(C2=CC=C(Br)CC2C)c2ccc(N(c3ccc(C)cc3)c3ccc(Br)cc3)cc2)cc1. The third-order valence-corrected chi connectivity index (χ3v) is 7.85. The van der Waals surface area contributed by atoms with Gasteiger partial charge >= 0.3 is 0 Å². The van der Waals surface area contributed by atoms with E-state index in [9.17, 15) is 0 Å². The van der Waals surface area contributed by atoms with E-state index in [1.165, 1.54) is 27.0 Å². The Labute approximate surface area is 237 Å². The van der Waals surface area contributed by atoms with Gasteiger partial charge in [-0.15, -0.1) is 0 Å². The Hall–Kier alpha value is -3.08. The van der Waals surface area contributed by atoms with Crippen LogP contribution in [-0.2, 0) is 0 Å². The van der Waals surface area contributed by atoms with Gasteiger partial charge in [-0.25, -0.2) is 0 Å². The van der Waals surface area contributed by atoms with Crippen LogP contribution in [0.3, 0.4) is 0 Å². The predicted octanol–water partition coefficient (Wildman–Crippen LogP) is 10.9. The number of hydrogen-bond acceptors (Lipinski definition) is 2. The third-order valence-electron chi connectivity index (χ3n) is 6.73. The number of anilines is 5. The molecule has 37 heavy (non-hydrogen) atoms. The summed E-state index contributed by atoms with van der Waals surface area (Å²) in [5.74, 6) is 0.396. The lowest BCUT2D eigenvalue weighted by Crippen LogP contribution is -2.23. The van der Waals surface area contributed by atoms with Gasteiger partial charge in [0.1, 0.15) is 0 Å². The van der Waals surface area contributed by atoms with Crippen molar-refractivity contribution in [1.82, 2.24) is 0 Å². The fourth-order valence-electron chi connectivity index (χ4n) is 4.72. The molecule has 1 atom stereocenters. The zero-order valence-corrected chi connectivity index (χ0v) is 24.5. The van der Waals surface area contributed by atoms with Crippen LogP contribution in [0.25, 0.3) is 0 Å². The number of rotatable bonds is 6. The molecule has 0 saturated heterocycles. The van der Waals surface area contributed by atoms with Gasteiger partial charge < -0.3 is 9.80 Å². The first-order valence-corrected chi connectivity index (χ1v) is 14.1. The first-order valence-electron chi connectivity index (χ1n) is 12.5. The first-order chi connectivity index (χ1) is 17.9. The van der Waals surface area contributed by atoms with E-state index < -0.39 is 0 Å². The molecule has 4 heteroatoms. The molecule has 0 spiro atoms. The summed E-state index contributed by atoms with van der Waals surface area (Å²) in [7, 11) is 0. The van der Waals surface area contributed by atoms with Gasteiger partial charge in [0.2, 0.25) is 0 Å². The van der Waals surface area contributed by atoms with Gasteiger partial charge in [-0.3, -0.25) is 0 Å². The van der Waals surface area contributed by atoms with Crippen molar-refractivity contribution in [1.29, 1.82) is 0 Å². The quantitative estimate of drug-likeness (QED) is 0.213. The van der Waals surface area contributed by atoms with Crippen molar-refractivity contribution in [3.05, 3.63) is 135 Å². The maximum absolute atomic E-state index is 3.70. The van der Waals surface area contributed by atoms with Crippen molar-refractivity contribution < 1.29 is 0 Å². The number of halogens is 2. The Balaban J connectivity index is 1.58. The number of nitrogens with zero attached hydrogens (tertiary/aromatic N) is 2. The molecule has 1 unspecified atom stereocenters. The molecule has 0 fully saturated rings. The highest BCUT2D eigenvalue weighted by atomic mass is 79.9. The summed E-state index contributed by atoms with van der Waals surface area (Å²) >= 11 is 7.27. The molecule has 1 aliphatic rings. The van der Waals surface area contributed by atoms with Crippen LogP contribution in [-0.4, -0.2) is 0 Å². The number of aryl methyl sites for hydroxylation is 2. The second-order valence-electron chi connectivity index (χ2n) is 9.64. The van der Waals surface area contributed by atoms with E-state index in [0.29, 0.717) is 5.92 Å². The topological polar surface area (TPSA) is 6.48 Å². The monoisotopic (exact) mass is 612 g/mol. The summed E-state index contributed by atoms with van der Waals surface area (Å²) in [6.45, 7) is 6.55. The van der Waals surface area contributed by atoms with Crippen LogP contribution in [0.2, 0.25) is 0 Å². The summed E-state index contributed by atoms with van der Waals surface area (Å²) in [5, 5.41) is 0. The highest BCUT2D eigenvalue weighted by molar-refractivity contribution is 9.11. The molecule has 186 valence electrons. The zero-order chi connectivity index (χ0) is 25.9. The lowest BCUT2D eigenvalue weighted by atomic mass is 9.96. The lowest BCUT2D eigenvalue weighted by molar-refractivity contribution is 0.666. The maximum atomic E-state index is 3.70. The molecule has 4 aromatic rings. The van der Waals surface area contributed by atoms with E-state index in [1.807, 2.05) is 0 Å². The smallest absolute Gasteiger partial charge is 0.0463 e. The molecule has 0 amide bonds. The third kappa shape index (κ3) is 5.76. The fraction of sp³-hybridized carbons (Fsp3) is 0.152. The first kappa shape index (κ1) is 25.6. The molecular formula is C33H30Br2N2. The standard InChI is InChI=1S/C33H30Br2N2/c1-23-4-11-28(12-5-23)36(29-15-8-26(34)9-16-29)30-17-19-32(20-18-30)37(31-13-6-24(2)7-14-31)33-21-10-27(35)22-25(33)3/h4-21,25H,22H2,1-3H3. The Morgan fingerprint density at radius 2 is 0.919 bits per heavy atom. The van der Waals surface area contributed by atoms with Gasteiger partial charge in [0.15, 0.2) is 0 Å². The average molecular weight is 614 g/mol. The van der Waals surface area contributed by atoms with Gasteiger partial charge in [-0.05, 0) is 104 Å². The minimum Gasteiger partial charge on any atom is -0.314 e. The molecule has 0 radical (unpaired) electrons. The van der Waals surface area contributed by atoms with Crippen molar-refractivity contribution in [2.24, 2.45) is 5.92 Å². The van der Waals surface area contributed by atoms with E-state index in [2.05, 4.69) is 172 Å². The van der Waals surface area contributed by atoms with Crippen LogP contribution in [0.15, 0.2) is 124 Å². The molecule has 0 bridgehead atoms. The molecule has 0 heterocycles. The Morgan fingerprint density at radius 1 is 0.541 bits per heavy atom. The Kier molecular flexibility index (Phi) is 7.68. The van der Waals surface area contributed by atoms with Gasteiger partial charge in [0.25, 0.3) is 0 Å². The van der Waals surface area contributed by atoms with Crippen molar-refractivity contribution >= 4 is 60.3 Å². The van der Waals surface area contributed by atoms with Crippen LogP contribution >= 0.6 is 31.9 Å². The normalized spacial score (nSPS) is 15.1. The van der Waals surface area contributed by atoms with Gasteiger partial charge in [-0.2, -0.15) is 0 Å². The van der Waals surface area contributed by atoms with Crippen molar-refractivity contribution in [3.8, 4) is 0 Å².